The molecule has 4 rings (SSSR count). The molecule has 1 fully saturated rings. The lowest BCUT2D eigenvalue weighted by Crippen LogP contribution is -2.54. The number of rotatable bonds is 4. The van der Waals surface area contributed by atoms with E-state index in [4.69, 9.17) is 0 Å². The maximum Gasteiger partial charge on any atom is 0.534 e. The third-order valence-corrected chi connectivity index (χ3v) is 7.43. The molecule has 0 amide bonds. The molecule has 2 aliphatic heterocycles. The van der Waals surface area contributed by atoms with Crippen molar-refractivity contribution in [2.45, 2.75) is 36.9 Å². The van der Waals surface area contributed by atoms with Crippen LogP contribution in [0.15, 0.2) is 48.5 Å². The van der Waals surface area contributed by atoms with E-state index in [2.05, 4.69) is 33.2 Å². The average Bonchev–Trinajstić information content (AvgIpc) is 2.72. The number of halogens is 3. The van der Waals surface area contributed by atoms with Gasteiger partial charge in [0.2, 0.25) is 0 Å². The molecule has 1 saturated heterocycles. The van der Waals surface area contributed by atoms with E-state index < -0.39 is 15.6 Å². The Labute approximate surface area is 180 Å². The van der Waals surface area contributed by atoms with Crippen LogP contribution in [0.5, 0.6) is 5.75 Å². The topological polar surface area (TPSA) is 49.9 Å². The zero-order valence-electron chi connectivity index (χ0n) is 17.2. The first-order valence-corrected chi connectivity index (χ1v) is 11.6. The Morgan fingerprint density at radius 1 is 1.03 bits per heavy atom. The van der Waals surface area contributed by atoms with Gasteiger partial charge in [-0.15, -0.1) is 0 Å². The fourth-order valence-electron chi connectivity index (χ4n) is 4.74. The molecule has 0 aromatic heterocycles. The Kier molecular flexibility index (Phi) is 5.78. The van der Waals surface area contributed by atoms with Crippen molar-refractivity contribution in [2.75, 3.05) is 26.7 Å². The molecule has 31 heavy (non-hydrogen) atoms. The highest BCUT2D eigenvalue weighted by atomic mass is 32.2. The van der Waals surface area contributed by atoms with E-state index in [0.29, 0.717) is 6.42 Å². The lowest BCUT2D eigenvalue weighted by Gasteiger charge is -2.51. The monoisotopic (exact) mass is 454 g/mol. The van der Waals surface area contributed by atoms with Crippen LogP contribution < -0.4 is 4.18 Å². The Bertz CT molecular complexity index is 1030. The predicted octanol–water partition coefficient (Wildman–Crippen LogP) is 3.89. The molecule has 168 valence electrons. The van der Waals surface area contributed by atoms with Crippen LogP contribution in [0.4, 0.5) is 13.2 Å². The van der Waals surface area contributed by atoms with E-state index in [9.17, 15) is 21.6 Å². The lowest BCUT2D eigenvalue weighted by molar-refractivity contribution is -0.0500. The molecule has 1 spiro atoms. The molecule has 0 N–H and O–H groups in total. The number of likely N-dealkylation sites (tertiary alicyclic amines) is 1. The second kappa shape index (κ2) is 8.11. The third-order valence-electron chi connectivity index (χ3n) is 6.45. The Morgan fingerprint density at radius 3 is 2.35 bits per heavy atom. The summed E-state index contributed by atoms with van der Waals surface area (Å²) >= 11 is 0. The van der Waals surface area contributed by atoms with Gasteiger partial charge in [0.05, 0.1) is 0 Å². The van der Waals surface area contributed by atoms with Gasteiger partial charge in [0.25, 0.3) is 0 Å². The molecule has 0 aliphatic carbocycles. The van der Waals surface area contributed by atoms with Gasteiger partial charge in [0.1, 0.15) is 5.75 Å². The number of alkyl halides is 3. The summed E-state index contributed by atoms with van der Waals surface area (Å²) in [5.41, 5.74) is -2.48. The highest BCUT2D eigenvalue weighted by Crippen LogP contribution is 2.44. The highest BCUT2D eigenvalue weighted by molar-refractivity contribution is 7.88. The van der Waals surface area contributed by atoms with E-state index in [1.807, 2.05) is 18.2 Å². The summed E-state index contributed by atoms with van der Waals surface area (Å²) in [5.74, 6) is -0.294. The number of piperidine rings is 1. The van der Waals surface area contributed by atoms with Crippen molar-refractivity contribution in [3.63, 3.8) is 0 Å². The number of likely N-dealkylation sites (N-methyl/N-ethyl adjacent to an activating group) is 1. The smallest absolute Gasteiger partial charge is 0.376 e. The van der Waals surface area contributed by atoms with E-state index in [1.54, 1.807) is 6.07 Å². The van der Waals surface area contributed by atoms with Gasteiger partial charge in [-0.05, 0) is 55.1 Å². The van der Waals surface area contributed by atoms with Gasteiger partial charge in [0, 0.05) is 31.7 Å². The summed E-state index contributed by atoms with van der Waals surface area (Å²) < 4.78 is 65.1. The molecule has 0 bridgehead atoms. The Balaban J connectivity index is 1.53. The van der Waals surface area contributed by atoms with Crippen molar-refractivity contribution in [3.05, 3.63) is 65.2 Å². The van der Waals surface area contributed by atoms with Gasteiger partial charge in [-0.1, -0.05) is 36.4 Å². The Hall–Kier alpha value is -2.10. The van der Waals surface area contributed by atoms with Crippen LogP contribution in [0.1, 0.15) is 29.5 Å². The molecule has 2 aromatic carbocycles. The maximum absolute atomic E-state index is 12.7. The van der Waals surface area contributed by atoms with Crippen molar-refractivity contribution in [1.82, 2.24) is 9.80 Å². The van der Waals surface area contributed by atoms with Crippen LogP contribution in [0.3, 0.4) is 0 Å². The van der Waals surface area contributed by atoms with Crippen molar-refractivity contribution >= 4 is 10.1 Å². The summed E-state index contributed by atoms with van der Waals surface area (Å²) in [7, 11) is -3.60. The second-order valence-electron chi connectivity index (χ2n) is 8.27. The van der Waals surface area contributed by atoms with Gasteiger partial charge in [-0.2, -0.15) is 21.6 Å². The largest absolute Gasteiger partial charge is 0.534 e. The third kappa shape index (κ3) is 4.31. The molecule has 5 nitrogen and oxygen atoms in total. The van der Waals surface area contributed by atoms with E-state index >= 15 is 0 Å². The first kappa shape index (κ1) is 22.1. The number of benzene rings is 2. The van der Waals surface area contributed by atoms with Gasteiger partial charge < -0.3 is 4.18 Å². The Morgan fingerprint density at radius 2 is 1.71 bits per heavy atom. The van der Waals surface area contributed by atoms with Crippen molar-refractivity contribution < 1.29 is 25.8 Å². The van der Waals surface area contributed by atoms with Gasteiger partial charge in [-0.25, -0.2) is 0 Å². The van der Waals surface area contributed by atoms with Gasteiger partial charge >= 0.3 is 15.6 Å². The van der Waals surface area contributed by atoms with Crippen LogP contribution in [-0.2, 0) is 28.6 Å². The molecule has 0 atom stereocenters. The average molecular weight is 455 g/mol. The summed E-state index contributed by atoms with van der Waals surface area (Å²) in [6.07, 6.45) is 2.42. The minimum atomic E-state index is -5.68. The van der Waals surface area contributed by atoms with Gasteiger partial charge in [0.15, 0.2) is 0 Å². The van der Waals surface area contributed by atoms with E-state index in [1.165, 1.54) is 17.7 Å². The van der Waals surface area contributed by atoms with Crippen molar-refractivity contribution in [3.8, 4) is 5.75 Å². The van der Waals surface area contributed by atoms with Crippen LogP contribution in [0.25, 0.3) is 0 Å². The SMILES string of the molecule is CN1CCc2cc(OS(=O)(=O)C(F)(F)F)ccc2C12CCN(Cc1ccccc1)CC2. The van der Waals surface area contributed by atoms with E-state index in [0.717, 1.165) is 50.1 Å². The molecule has 2 aromatic rings. The summed E-state index contributed by atoms with van der Waals surface area (Å²) in [5, 5.41) is 0. The second-order valence-corrected chi connectivity index (χ2v) is 9.80. The standard InChI is InChI=1S/C22H25F3N2O3S/c1-26-12-9-18-15-19(30-31(28,29)22(23,24)25)7-8-20(18)21(26)10-13-27(14-11-21)16-17-5-3-2-4-6-17/h2-8,15H,9-14,16H2,1H3. The first-order valence-electron chi connectivity index (χ1n) is 10.2. The lowest BCUT2D eigenvalue weighted by atomic mass is 9.74. The molecule has 2 aliphatic rings. The number of hydrogen-bond acceptors (Lipinski definition) is 5. The number of hydrogen-bond donors (Lipinski definition) is 0. The zero-order valence-corrected chi connectivity index (χ0v) is 18.0. The molecule has 0 radical (unpaired) electrons. The molecular weight excluding hydrogens is 429 g/mol. The normalized spacial score (nSPS) is 19.9. The molecule has 0 unspecified atom stereocenters. The van der Waals surface area contributed by atoms with Crippen LogP contribution in [0.2, 0.25) is 0 Å². The van der Waals surface area contributed by atoms with Crippen molar-refractivity contribution in [2.24, 2.45) is 0 Å². The fourth-order valence-corrected chi connectivity index (χ4v) is 5.19. The molecule has 2 heterocycles. The quantitative estimate of drug-likeness (QED) is 0.518. The first-order chi connectivity index (χ1) is 14.6. The van der Waals surface area contributed by atoms with Crippen LogP contribution in [-0.4, -0.2) is 50.4 Å². The maximum atomic E-state index is 12.7. The van der Waals surface area contributed by atoms with Crippen LogP contribution >= 0.6 is 0 Å². The molecule has 0 saturated carbocycles. The number of fused-ring (bicyclic) bond motifs is 2. The van der Waals surface area contributed by atoms with Crippen molar-refractivity contribution in [1.29, 1.82) is 0 Å². The van der Waals surface area contributed by atoms with E-state index in [-0.39, 0.29) is 11.3 Å². The van der Waals surface area contributed by atoms with Gasteiger partial charge in [-0.3, -0.25) is 9.80 Å². The predicted molar refractivity (Wildman–Crippen MR) is 111 cm³/mol. The van der Waals surface area contributed by atoms with Crippen LogP contribution in [0, 0.1) is 0 Å². The zero-order chi connectivity index (χ0) is 22.3. The summed E-state index contributed by atoms with van der Waals surface area (Å²) in [4.78, 5) is 4.73. The fraction of sp³-hybridized carbons (Fsp3) is 0.455. The minimum absolute atomic E-state index is 0.206. The summed E-state index contributed by atoms with van der Waals surface area (Å²) in [6, 6.07) is 14.8. The number of nitrogens with zero attached hydrogens (tertiary/aromatic N) is 2. The minimum Gasteiger partial charge on any atom is -0.376 e. The molecule has 9 heteroatoms. The summed E-state index contributed by atoms with van der Waals surface area (Å²) in [6.45, 7) is 3.44. The highest BCUT2D eigenvalue weighted by Gasteiger charge is 2.49. The molecular formula is C22H25F3N2O3S.